The number of nitrogens with one attached hydrogen (secondary N) is 2. The van der Waals surface area contributed by atoms with Crippen LogP contribution in [0.5, 0.6) is 0 Å². The molecule has 2 aliphatic rings. The molecular formula is C17H19N3O4. The zero-order valence-corrected chi connectivity index (χ0v) is 13.2. The summed E-state index contributed by atoms with van der Waals surface area (Å²) in [6.07, 6.45) is 5.61. The molecule has 2 aromatic heterocycles. The lowest BCUT2D eigenvalue weighted by molar-refractivity contribution is -0.123. The Bertz CT molecular complexity index is 746. The van der Waals surface area contributed by atoms with Crippen LogP contribution in [-0.4, -0.2) is 23.0 Å². The van der Waals surface area contributed by atoms with Crippen molar-refractivity contribution in [3.63, 3.8) is 0 Å². The van der Waals surface area contributed by atoms with Crippen molar-refractivity contribution in [3.05, 3.63) is 41.2 Å². The van der Waals surface area contributed by atoms with Gasteiger partial charge in [-0.15, -0.1) is 0 Å². The van der Waals surface area contributed by atoms with E-state index in [4.69, 9.17) is 8.94 Å². The summed E-state index contributed by atoms with van der Waals surface area (Å²) in [6.45, 7) is 0.301. The number of hydrogen-bond donors (Lipinski definition) is 2. The molecule has 7 heteroatoms. The first-order valence-corrected chi connectivity index (χ1v) is 8.29. The molecule has 0 aliphatic heterocycles. The predicted octanol–water partition coefficient (Wildman–Crippen LogP) is 1.58. The molecule has 1 fully saturated rings. The maximum atomic E-state index is 12.4. The third kappa shape index (κ3) is 3.06. The van der Waals surface area contributed by atoms with E-state index in [-0.39, 0.29) is 23.8 Å². The molecular weight excluding hydrogens is 310 g/mol. The number of aromatic nitrogens is 1. The van der Waals surface area contributed by atoms with Crippen LogP contribution >= 0.6 is 0 Å². The van der Waals surface area contributed by atoms with Gasteiger partial charge in [0.25, 0.3) is 5.91 Å². The van der Waals surface area contributed by atoms with Crippen LogP contribution < -0.4 is 10.6 Å². The lowest BCUT2D eigenvalue weighted by Crippen LogP contribution is -2.40. The monoisotopic (exact) mass is 329 g/mol. The third-order valence-electron chi connectivity index (χ3n) is 4.55. The Hall–Kier alpha value is -2.57. The van der Waals surface area contributed by atoms with E-state index in [0.29, 0.717) is 30.8 Å². The van der Waals surface area contributed by atoms with Gasteiger partial charge in [-0.25, -0.2) is 0 Å². The molecule has 0 radical (unpaired) electrons. The Kier molecular flexibility index (Phi) is 3.84. The molecule has 0 spiro atoms. The highest BCUT2D eigenvalue weighted by Gasteiger charge is 2.34. The smallest absolute Gasteiger partial charge is 0.274 e. The number of amides is 2. The third-order valence-corrected chi connectivity index (χ3v) is 4.55. The minimum atomic E-state index is -0.287. The van der Waals surface area contributed by atoms with Crippen LogP contribution in [0.2, 0.25) is 0 Å². The number of fused-ring (bicyclic) bond motifs is 1. The average Bonchev–Trinajstić information content (AvgIpc) is 3.15. The summed E-state index contributed by atoms with van der Waals surface area (Å²) in [7, 11) is 0. The lowest BCUT2D eigenvalue weighted by atomic mass is 9.91. The molecule has 1 saturated carbocycles. The van der Waals surface area contributed by atoms with Gasteiger partial charge in [0.05, 0.1) is 12.8 Å². The normalized spacial score (nSPS) is 19.6. The second-order valence-electron chi connectivity index (χ2n) is 6.42. The SMILES string of the molecule is O=C(NCc1ccco1)c1noc2c1CC(NC(=O)C1CC1)CC2. The molecule has 0 aromatic carbocycles. The van der Waals surface area contributed by atoms with Gasteiger partial charge in [-0.05, 0) is 37.8 Å². The summed E-state index contributed by atoms with van der Waals surface area (Å²) in [4.78, 5) is 24.3. The highest BCUT2D eigenvalue weighted by atomic mass is 16.5. The van der Waals surface area contributed by atoms with Crippen molar-refractivity contribution in [2.75, 3.05) is 0 Å². The summed E-state index contributed by atoms with van der Waals surface area (Å²) in [5.74, 6) is 1.45. The quantitative estimate of drug-likeness (QED) is 0.868. The topological polar surface area (TPSA) is 97.4 Å². The second kappa shape index (κ2) is 6.14. The fourth-order valence-corrected chi connectivity index (χ4v) is 3.03. The van der Waals surface area contributed by atoms with Gasteiger partial charge in [0.1, 0.15) is 11.5 Å². The van der Waals surface area contributed by atoms with Crippen LogP contribution in [-0.2, 0) is 24.2 Å². The van der Waals surface area contributed by atoms with Crippen molar-refractivity contribution in [2.45, 2.75) is 44.7 Å². The maximum Gasteiger partial charge on any atom is 0.274 e. The van der Waals surface area contributed by atoms with Crippen molar-refractivity contribution in [1.29, 1.82) is 0 Å². The van der Waals surface area contributed by atoms with Crippen LogP contribution in [0.1, 0.15) is 46.8 Å². The first-order chi connectivity index (χ1) is 11.7. The minimum absolute atomic E-state index is 0.0432. The largest absolute Gasteiger partial charge is 0.467 e. The number of furan rings is 1. The molecule has 1 unspecified atom stereocenters. The van der Waals surface area contributed by atoms with E-state index in [1.54, 1.807) is 18.4 Å². The van der Waals surface area contributed by atoms with Gasteiger partial charge in [0.15, 0.2) is 5.69 Å². The Labute approximate surface area is 138 Å². The van der Waals surface area contributed by atoms with E-state index in [9.17, 15) is 9.59 Å². The molecule has 2 N–H and O–H groups in total. The van der Waals surface area contributed by atoms with Gasteiger partial charge >= 0.3 is 0 Å². The van der Waals surface area contributed by atoms with Gasteiger partial charge in [-0.2, -0.15) is 0 Å². The van der Waals surface area contributed by atoms with Crippen molar-refractivity contribution in [3.8, 4) is 0 Å². The first-order valence-electron chi connectivity index (χ1n) is 8.29. The molecule has 0 saturated heterocycles. The zero-order valence-electron chi connectivity index (χ0n) is 13.2. The average molecular weight is 329 g/mol. The van der Waals surface area contributed by atoms with Gasteiger partial charge in [0.2, 0.25) is 5.91 Å². The molecule has 7 nitrogen and oxygen atoms in total. The number of rotatable bonds is 5. The van der Waals surface area contributed by atoms with Crippen molar-refractivity contribution in [2.24, 2.45) is 5.92 Å². The lowest BCUT2D eigenvalue weighted by Gasteiger charge is -2.22. The van der Waals surface area contributed by atoms with E-state index in [2.05, 4.69) is 15.8 Å². The standard InChI is InChI=1S/C17H19N3O4/c21-16(10-3-4-10)19-11-5-6-14-13(8-11)15(20-24-14)17(22)18-9-12-2-1-7-23-12/h1-2,7,10-11H,3-6,8-9H2,(H,18,22)(H,19,21). The van der Waals surface area contributed by atoms with Crippen LogP contribution in [0.3, 0.4) is 0 Å². The van der Waals surface area contributed by atoms with Crippen LogP contribution in [0.4, 0.5) is 0 Å². The summed E-state index contributed by atoms with van der Waals surface area (Å²) >= 11 is 0. The Morgan fingerprint density at radius 2 is 2.17 bits per heavy atom. The summed E-state index contributed by atoms with van der Waals surface area (Å²) in [6, 6.07) is 3.61. The Morgan fingerprint density at radius 3 is 2.92 bits per heavy atom. The molecule has 2 heterocycles. The van der Waals surface area contributed by atoms with Gasteiger partial charge in [0, 0.05) is 23.9 Å². The van der Waals surface area contributed by atoms with Crippen LogP contribution in [0.15, 0.2) is 27.3 Å². The van der Waals surface area contributed by atoms with E-state index in [0.717, 1.165) is 30.6 Å². The molecule has 126 valence electrons. The second-order valence-corrected chi connectivity index (χ2v) is 6.42. The molecule has 1 atom stereocenters. The molecule has 24 heavy (non-hydrogen) atoms. The van der Waals surface area contributed by atoms with Crippen LogP contribution in [0, 0.1) is 5.92 Å². The fraction of sp³-hybridized carbons (Fsp3) is 0.471. The van der Waals surface area contributed by atoms with E-state index >= 15 is 0 Å². The Morgan fingerprint density at radius 1 is 1.29 bits per heavy atom. The first kappa shape index (κ1) is 15.0. The molecule has 0 bridgehead atoms. The number of hydrogen-bond acceptors (Lipinski definition) is 5. The fourth-order valence-electron chi connectivity index (χ4n) is 3.03. The van der Waals surface area contributed by atoms with Crippen LogP contribution in [0.25, 0.3) is 0 Å². The predicted molar refractivity (Wildman–Crippen MR) is 83.1 cm³/mol. The van der Waals surface area contributed by atoms with Gasteiger partial charge < -0.3 is 19.6 Å². The summed E-state index contributed by atoms with van der Waals surface area (Å²) in [5.41, 5.74) is 1.11. The number of carbonyl (C=O) groups excluding carboxylic acids is 2. The van der Waals surface area contributed by atoms with E-state index in [1.807, 2.05) is 0 Å². The van der Waals surface area contributed by atoms with Crippen molar-refractivity contribution in [1.82, 2.24) is 15.8 Å². The van der Waals surface area contributed by atoms with E-state index in [1.165, 1.54) is 0 Å². The number of nitrogens with zero attached hydrogens (tertiary/aromatic N) is 1. The molecule has 4 rings (SSSR count). The zero-order chi connectivity index (χ0) is 16.5. The molecule has 2 aliphatic carbocycles. The Balaban J connectivity index is 1.41. The van der Waals surface area contributed by atoms with Crippen molar-refractivity contribution < 1.29 is 18.5 Å². The highest BCUT2D eigenvalue weighted by molar-refractivity contribution is 5.93. The highest BCUT2D eigenvalue weighted by Crippen LogP contribution is 2.30. The number of carbonyl (C=O) groups is 2. The van der Waals surface area contributed by atoms with E-state index < -0.39 is 0 Å². The molecule has 2 amide bonds. The maximum absolute atomic E-state index is 12.4. The summed E-state index contributed by atoms with van der Waals surface area (Å²) < 4.78 is 10.5. The van der Waals surface area contributed by atoms with Gasteiger partial charge in [-0.3, -0.25) is 9.59 Å². The summed E-state index contributed by atoms with van der Waals surface area (Å²) in [5, 5.41) is 9.78. The minimum Gasteiger partial charge on any atom is -0.467 e. The van der Waals surface area contributed by atoms with Gasteiger partial charge in [-0.1, -0.05) is 5.16 Å². The number of aryl methyl sites for hydroxylation is 1. The van der Waals surface area contributed by atoms with Crippen molar-refractivity contribution >= 4 is 11.8 Å². The molecule has 2 aromatic rings.